The third-order valence-corrected chi connectivity index (χ3v) is 2.32. The minimum absolute atomic E-state index is 0.0232. The van der Waals surface area contributed by atoms with E-state index in [0.717, 1.165) is 6.07 Å². The number of aromatic nitrogens is 1. The number of hydrogen-bond donors (Lipinski definition) is 3. The lowest BCUT2D eigenvalue weighted by Crippen LogP contribution is -2.23. The zero-order chi connectivity index (χ0) is 13.1. The molecule has 0 aliphatic carbocycles. The summed E-state index contributed by atoms with van der Waals surface area (Å²) in [4.78, 5) is 3.48. The summed E-state index contributed by atoms with van der Waals surface area (Å²) in [6.07, 6.45) is -3.22. The van der Waals surface area contributed by atoms with Gasteiger partial charge in [-0.25, -0.2) is 4.98 Å². The summed E-state index contributed by atoms with van der Waals surface area (Å²) in [5, 5.41) is 11.7. The normalized spacial score (nSPS) is 13.5. The molecular formula is C10H14F3N3O. The van der Waals surface area contributed by atoms with Crippen molar-refractivity contribution in [2.75, 3.05) is 17.7 Å². The Balaban J connectivity index is 2.98. The van der Waals surface area contributed by atoms with Crippen LogP contribution in [0.4, 0.5) is 24.7 Å². The van der Waals surface area contributed by atoms with Gasteiger partial charge < -0.3 is 16.2 Å². The smallest absolute Gasteiger partial charge is 0.394 e. The molecule has 1 rings (SSSR count). The van der Waals surface area contributed by atoms with Crippen molar-refractivity contribution >= 4 is 11.5 Å². The lowest BCUT2D eigenvalue weighted by Gasteiger charge is -2.17. The van der Waals surface area contributed by atoms with Crippen LogP contribution in [0.5, 0.6) is 0 Å². The van der Waals surface area contributed by atoms with Crippen LogP contribution in [0.3, 0.4) is 0 Å². The molecule has 1 aromatic rings. The zero-order valence-electron chi connectivity index (χ0n) is 9.25. The molecule has 0 aliphatic rings. The van der Waals surface area contributed by atoms with Gasteiger partial charge in [0, 0.05) is 12.2 Å². The number of halogens is 3. The van der Waals surface area contributed by atoms with Crippen LogP contribution in [0.25, 0.3) is 0 Å². The molecule has 0 saturated heterocycles. The van der Waals surface area contributed by atoms with E-state index in [1.807, 2.05) is 0 Å². The Morgan fingerprint density at radius 1 is 1.53 bits per heavy atom. The molecule has 0 aromatic carbocycles. The fourth-order valence-corrected chi connectivity index (χ4v) is 1.24. The molecule has 4 N–H and O–H groups in total. The molecule has 4 nitrogen and oxygen atoms in total. The van der Waals surface area contributed by atoms with E-state index in [4.69, 9.17) is 10.8 Å². The number of nitrogens with one attached hydrogen (secondary N) is 1. The molecule has 7 heteroatoms. The molecule has 0 bridgehead atoms. The van der Waals surface area contributed by atoms with Gasteiger partial charge in [-0.05, 0) is 12.5 Å². The van der Waals surface area contributed by atoms with Gasteiger partial charge in [-0.15, -0.1) is 0 Å². The number of rotatable bonds is 4. The van der Waals surface area contributed by atoms with Crippen molar-refractivity contribution in [2.45, 2.75) is 25.6 Å². The van der Waals surface area contributed by atoms with Gasteiger partial charge in [0.1, 0.15) is 5.82 Å². The first-order valence-corrected chi connectivity index (χ1v) is 5.08. The molecule has 0 spiro atoms. The van der Waals surface area contributed by atoms with Gasteiger partial charge in [0.2, 0.25) is 0 Å². The molecular weight excluding hydrogens is 235 g/mol. The van der Waals surface area contributed by atoms with Crippen LogP contribution in [0.15, 0.2) is 12.3 Å². The maximum absolute atomic E-state index is 12.4. The van der Waals surface area contributed by atoms with Crippen molar-refractivity contribution in [3.63, 3.8) is 0 Å². The lowest BCUT2D eigenvalue weighted by atomic mass is 10.2. The van der Waals surface area contributed by atoms with Crippen molar-refractivity contribution in [3.05, 3.63) is 17.8 Å². The number of nitrogen functional groups attached to an aromatic ring is 1. The minimum atomic E-state index is -4.46. The van der Waals surface area contributed by atoms with Crippen LogP contribution in [0.1, 0.15) is 18.9 Å². The summed E-state index contributed by atoms with van der Waals surface area (Å²) >= 11 is 0. The Labute approximate surface area is 96.7 Å². The molecule has 1 heterocycles. The van der Waals surface area contributed by atoms with Crippen LogP contribution in [-0.4, -0.2) is 22.7 Å². The standard InChI is InChI=1S/C10H14F3N3O/c1-2-7(5-17)16-8-3-6(10(11,12)13)4-15-9(8)14/h3-4,7,16-17H,2,5H2,1H3,(H2,14,15). The molecule has 0 fully saturated rings. The first kappa shape index (κ1) is 13.6. The maximum Gasteiger partial charge on any atom is 0.417 e. The van der Waals surface area contributed by atoms with E-state index in [2.05, 4.69) is 10.3 Å². The SMILES string of the molecule is CCC(CO)Nc1cc(C(F)(F)F)cnc1N. The first-order valence-electron chi connectivity index (χ1n) is 5.08. The molecule has 96 valence electrons. The monoisotopic (exact) mass is 249 g/mol. The van der Waals surface area contributed by atoms with Crippen molar-refractivity contribution in [2.24, 2.45) is 0 Å². The van der Waals surface area contributed by atoms with Gasteiger partial charge in [0.05, 0.1) is 17.9 Å². The average Bonchev–Trinajstić information content (AvgIpc) is 2.26. The minimum Gasteiger partial charge on any atom is -0.394 e. The van der Waals surface area contributed by atoms with E-state index in [1.54, 1.807) is 6.92 Å². The Morgan fingerprint density at radius 3 is 2.65 bits per heavy atom. The van der Waals surface area contributed by atoms with Crippen LogP contribution in [-0.2, 0) is 6.18 Å². The second-order valence-electron chi connectivity index (χ2n) is 3.59. The van der Waals surface area contributed by atoms with Gasteiger partial charge in [-0.1, -0.05) is 6.92 Å². The summed E-state index contributed by atoms with van der Waals surface area (Å²) in [6, 6.07) is 0.545. The summed E-state index contributed by atoms with van der Waals surface area (Å²) in [5.74, 6) is -0.0232. The Bertz CT molecular complexity index is 378. The van der Waals surface area contributed by atoms with E-state index in [-0.39, 0.29) is 24.2 Å². The largest absolute Gasteiger partial charge is 0.417 e. The van der Waals surface area contributed by atoms with E-state index in [1.165, 1.54) is 0 Å². The van der Waals surface area contributed by atoms with Gasteiger partial charge in [-0.3, -0.25) is 0 Å². The fourth-order valence-electron chi connectivity index (χ4n) is 1.24. The van der Waals surface area contributed by atoms with Gasteiger partial charge in [-0.2, -0.15) is 13.2 Å². The fraction of sp³-hybridized carbons (Fsp3) is 0.500. The molecule has 17 heavy (non-hydrogen) atoms. The number of nitrogens with two attached hydrogens (primary N) is 1. The third-order valence-electron chi connectivity index (χ3n) is 2.32. The van der Waals surface area contributed by atoms with Crippen molar-refractivity contribution in [3.8, 4) is 0 Å². The Kier molecular flexibility index (Phi) is 4.17. The Morgan fingerprint density at radius 2 is 2.18 bits per heavy atom. The van der Waals surface area contributed by atoms with Crippen molar-refractivity contribution in [1.82, 2.24) is 4.98 Å². The quantitative estimate of drug-likeness (QED) is 0.761. The van der Waals surface area contributed by atoms with E-state index in [9.17, 15) is 13.2 Å². The lowest BCUT2D eigenvalue weighted by molar-refractivity contribution is -0.137. The third kappa shape index (κ3) is 3.48. The summed E-state index contributed by atoms with van der Waals surface area (Å²) in [6.45, 7) is 1.61. The maximum atomic E-state index is 12.4. The number of alkyl halides is 3. The van der Waals surface area contributed by atoms with Gasteiger partial charge >= 0.3 is 6.18 Å². The van der Waals surface area contributed by atoms with E-state index in [0.29, 0.717) is 12.6 Å². The molecule has 0 amide bonds. The predicted octanol–water partition coefficient (Wildman–Crippen LogP) is 1.87. The number of hydrogen-bond acceptors (Lipinski definition) is 4. The summed E-state index contributed by atoms with van der Waals surface area (Å²) in [7, 11) is 0. The summed E-state index contributed by atoms with van der Waals surface area (Å²) in [5.41, 5.74) is 4.68. The number of aliphatic hydroxyl groups excluding tert-OH is 1. The van der Waals surface area contributed by atoms with Crippen molar-refractivity contribution < 1.29 is 18.3 Å². The highest BCUT2D eigenvalue weighted by molar-refractivity contribution is 5.63. The van der Waals surface area contributed by atoms with Crippen LogP contribution < -0.4 is 11.1 Å². The first-order chi connectivity index (χ1) is 7.88. The molecule has 1 unspecified atom stereocenters. The highest BCUT2D eigenvalue weighted by Crippen LogP contribution is 2.32. The average molecular weight is 249 g/mol. The molecule has 0 radical (unpaired) electrons. The Hall–Kier alpha value is -1.50. The number of nitrogens with zero attached hydrogens (tertiary/aromatic N) is 1. The molecule has 0 aliphatic heterocycles. The summed E-state index contributed by atoms with van der Waals surface area (Å²) < 4.78 is 37.3. The van der Waals surface area contributed by atoms with Gasteiger partial charge in [0.15, 0.2) is 0 Å². The number of aliphatic hydroxyl groups is 1. The van der Waals surface area contributed by atoms with Crippen LogP contribution in [0, 0.1) is 0 Å². The van der Waals surface area contributed by atoms with Gasteiger partial charge in [0.25, 0.3) is 0 Å². The molecule has 0 saturated carbocycles. The van der Waals surface area contributed by atoms with E-state index < -0.39 is 11.7 Å². The predicted molar refractivity (Wildman–Crippen MR) is 58.4 cm³/mol. The highest BCUT2D eigenvalue weighted by Gasteiger charge is 2.31. The van der Waals surface area contributed by atoms with Crippen molar-refractivity contribution in [1.29, 1.82) is 0 Å². The van der Waals surface area contributed by atoms with Crippen LogP contribution >= 0.6 is 0 Å². The molecule has 1 aromatic heterocycles. The van der Waals surface area contributed by atoms with E-state index >= 15 is 0 Å². The zero-order valence-corrected chi connectivity index (χ0v) is 9.25. The molecule has 1 atom stereocenters. The second-order valence-corrected chi connectivity index (χ2v) is 3.59. The highest BCUT2D eigenvalue weighted by atomic mass is 19.4. The number of anilines is 2. The topological polar surface area (TPSA) is 71.2 Å². The van der Waals surface area contributed by atoms with Crippen LogP contribution in [0.2, 0.25) is 0 Å². The number of pyridine rings is 1. The second kappa shape index (κ2) is 5.22.